The number of esters is 1. The molecule has 5 rings (SSSR count). The Morgan fingerprint density at radius 3 is 2.46 bits per heavy atom. The maximum absolute atomic E-state index is 13.4. The fraction of sp³-hybridized carbons (Fsp3) is 0.789. The largest absolute Gasteiger partial charge is 0.481 e. The van der Waals surface area contributed by atoms with Gasteiger partial charge in [-0.25, -0.2) is 0 Å². The predicted octanol–water partition coefficient (Wildman–Crippen LogP) is 2.69. The van der Waals surface area contributed by atoms with Gasteiger partial charge in [0.25, 0.3) is 0 Å². The average molecular weight is 332 g/mol. The topological polar surface area (TPSA) is 72.8 Å². The van der Waals surface area contributed by atoms with Crippen molar-refractivity contribution in [2.75, 3.05) is 0 Å². The lowest BCUT2D eigenvalue weighted by Crippen LogP contribution is -2.66. The fourth-order valence-electron chi connectivity index (χ4n) is 8.30. The van der Waals surface area contributed by atoms with Crippen LogP contribution in [0.25, 0.3) is 0 Å². The maximum atomic E-state index is 13.4. The van der Waals surface area contributed by atoms with Crippen LogP contribution in [0.1, 0.15) is 53.9 Å². The van der Waals surface area contributed by atoms with Crippen molar-refractivity contribution >= 4 is 11.9 Å². The van der Waals surface area contributed by atoms with Gasteiger partial charge in [0.15, 0.2) is 0 Å². The van der Waals surface area contributed by atoms with E-state index in [0.29, 0.717) is 0 Å². The van der Waals surface area contributed by atoms with Gasteiger partial charge in [-0.3, -0.25) is 9.59 Å². The average Bonchev–Trinajstić information content (AvgIpc) is 3.05. The van der Waals surface area contributed by atoms with Gasteiger partial charge in [0.2, 0.25) is 0 Å². The van der Waals surface area contributed by atoms with E-state index in [1.807, 2.05) is 27.7 Å². The second-order valence-electron chi connectivity index (χ2n) is 9.16. The summed E-state index contributed by atoms with van der Waals surface area (Å²) in [5, 5.41) is 9.79. The molecular formula is C19H24O5. The summed E-state index contributed by atoms with van der Waals surface area (Å²) in [4.78, 5) is 25.3. The van der Waals surface area contributed by atoms with Gasteiger partial charge < -0.3 is 14.6 Å². The lowest BCUT2D eigenvalue weighted by Gasteiger charge is -2.56. The molecule has 3 heterocycles. The van der Waals surface area contributed by atoms with Crippen molar-refractivity contribution in [1.82, 2.24) is 0 Å². The number of ether oxygens (including phenoxy) is 2. The van der Waals surface area contributed by atoms with Crippen LogP contribution in [0.3, 0.4) is 0 Å². The molecule has 5 heteroatoms. The molecule has 0 aromatic rings. The number of hydrogen-bond acceptors (Lipinski definition) is 4. The van der Waals surface area contributed by atoms with Gasteiger partial charge in [0, 0.05) is 10.8 Å². The highest BCUT2D eigenvalue weighted by Crippen LogP contribution is 2.90. The Morgan fingerprint density at radius 1 is 1.21 bits per heavy atom. The normalized spacial score (nSPS) is 59.3. The lowest BCUT2D eigenvalue weighted by molar-refractivity contribution is -0.162. The van der Waals surface area contributed by atoms with Crippen molar-refractivity contribution < 1.29 is 24.2 Å². The van der Waals surface area contributed by atoms with Crippen LogP contribution in [0.15, 0.2) is 11.1 Å². The van der Waals surface area contributed by atoms with E-state index in [1.54, 1.807) is 0 Å². The van der Waals surface area contributed by atoms with E-state index < -0.39 is 28.0 Å². The van der Waals surface area contributed by atoms with Gasteiger partial charge in [-0.05, 0) is 57.6 Å². The molecule has 1 N–H and O–H groups in total. The van der Waals surface area contributed by atoms with E-state index >= 15 is 0 Å². The summed E-state index contributed by atoms with van der Waals surface area (Å²) in [6.07, 6.45) is 1.48. The first-order valence-corrected chi connectivity index (χ1v) is 8.84. The third-order valence-electron chi connectivity index (χ3n) is 9.06. The van der Waals surface area contributed by atoms with Crippen LogP contribution in [0.5, 0.6) is 0 Å². The lowest BCUT2D eigenvalue weighted by atomic mass is 9.39. The molecule has 4 bridgehead atoms. The van der Waals surface area contributed by atoms with E-state index in [1.165, 1.54) is 0 Å². The molecule has 24 heavy (non-hydrogen) atoms. The van der Waals surface area contributed by atoms with Gasteiger partial charge in [0.1, 0.15) is 17.1 Å². The first-order chi connectivity index (χ1) is 11.0. The van der Waals surface area contributed by atoms with Crippen LogP contribution in [-0.2, 0) is 19.1 Å². The minimum atomic E-state index is -0.892. The highest BCUT2D eigenvalue weighted by Gasteiger charge is 2.97. The Bertz CT molecular complexity index is 770. The molecule has 0 aromatic carbocycles. The van der Waals surface area contributed by atoms with Crippen molar-refractivity contribution in [2.45, 2.75) is 71.2 Å². The Labute approximate surface area is 141 Å². The highest BCUT2D eigenvalue weighted by atomic mass is 16.6. The molecule has 3 aliphatic heterocycles. The Balaban J connectivity index is 1.94. The molecule has 5 aliphatic rings. The molecule has 7 unspecified atom stereocenters. The number of fused-ring (bicyclic) bond motifs is 5. The molecular weight excluding hydrogens is 308 g/mol. The molecule has 2 saturated heterocycles. The number of carboxylic acids is 1. The number of aliphatic carboxylic acids is 1. The Morgan fingerprint density at radius 2 is 1.83 bits per heavy atom. The van der Waals surface area contributed by atoms with Gasteiger partial charge in [-0.2, -0.15) is 0 Å². The van der Waals surface area contributed by atoms with Crippen LogP contribution >= 0.6 is 0 Å². The number of carboxylic acid groups (broad SMARTS) is 1. The minimum Gasteiger partial charge on any atom is -0.481 e. The first-order valence-electron chi connectivity index (χ1n) is 8.84. The highest BCUT2D eigenvalue weighted by molar-refractivity contribution is 5.90. The number of carbonyl (C=O) groups is 2. The van der Waals surface area contributed by atoms with Crippen LogP contribution in [-0.4, -0.2) is 34.4 Å². The minimum absolute atomic E-state index is 0.0359. The van der Waals surface area contributed by atoms with Crippen LogP contribution in [0, 0.1) is 22.2 Å². The molecule has 0 radical (unpaired) electrons. The Kier molecular flexibility index (Phi) is 2.15. The smallest absolute Gasteiger partial charge is 0.317 e. The monoisotopic (exact) mass is 332 g/mol. The van der Waals surface area contributed by atoms with Crippen molar-refractivity contribution in [2.24, 2.45) is 22.2 Å². The third kappa shape index (κ3) is 0.928. The zero-order valence-electron chi connectivity index (χ0n) is 14.9. The molecule has 0 amide bonds. The molecule has 5 nitrogen and oxygen atoms in total. The first kappa shape index (κ1) is 14.9. The molecule has 7 atom stereocenters. The summed E-state index contributed by atoms with van der Waals surface area (Å²) >= 11 is 0. The van der Waals surface area contributed by atoms with E-state index in [0.717, 1.165) is 24.0 Å². The summed E-state index contributed by atoms with van der Waals surface area (Å²) < 4.78 is 12.5. The van der Waals surface area contributed by atoms with E-state index in [9.17, 15) is 14.7 Å². The van der Waals surface area contributed by atoms with Gasteiger partial charge in [-0.1, -0.05) is 6.92 Å². The summed E-state index contributed by atoms with van der Waals surface area (Å²) in [7, 11) is 0. The van der Waals surface area contributed by atoms with Gasteiger partial charge in [0.05, 0.1) is 12.0 Å². The van der Waals surface area contributed by atoms with E-state index in [-0.39, 0.29) is 29.8 Å². The third-order valence-corrected chi connectivity index (χ3v) is 9.06. The number of hydrogen-bond donors (Lipinski definition) is 1. The summed E-state index contributed by atoms with van der Waals surface area (Å²) in [6, 6.07) is 0. The van der Waals surface area contributed by atoms with Crippen LogP contribution < -0.4 is 0 Å². The van der Waals surface area contributed by atoms with E-state index in [4.69, 9.17) is 9.47 Å². The molecule has 4 fully saturated rings. The van der Waals surface area contributed by atoms with Crippen molar-refractivity contribution in [3.63, 3.8) is 0 Å². The molecule has 1 spiro atoms. The van der Waals surface area contributed by atoms with Gasteiger partial charge >= 0.3 is 11.9 Å². The van der Waals surface area contributed by atoms with Crippen LogP contribution in [0.2, 0.25) is 0 Å². The zero-order valence-corrected chi connectivity index (χ0v) is 14.9. The standard InChI is InChI=1S/C19H24O5/c1-9-10(2)17(5)19-14(22)23-12-6-11(7-15(12,19)3)18(19,8-13(20)21)16(9,4)24-17/h11-12H,6-8H2,1-5H3,(H,20,21). The second kappa shape index (κ2) is 3.46. The quantitative estimate of drug-likeness (QED) is 0.622. The fourth-order valence-corrected chi connectivity index (χ4v) is 8.30. The summed E-state index contributed by atoms with van der Waals surface area (Å²) in [6.45, 7) is 10.2. The molecule has 2 saturated carbocycles. The summed E-state index contributed by atoms with van der Waals surface area (Å²) in [5.74, 6) is -0.938. The molecule has 130 valence electrons. The van der Waals surface area contributed by atoms with Gasteiger partial charge in [-0.15, -0.1) is 0 Å². The van der Waals surface area contributed by atoms with Crippen molar-refractivity contribution in [1.29, 1.82) is 0 Å². The number of carbonyl (C=O) groups excluding carboxylic acids is 1. The summed E-state index contributed by atoms with van der Waals surface area (Å²) in [5.41, 5.74) is -1.28. The van der Waals surface area contributed by atoms with Crippen molar-refractivity contribution in [3.05, 3.63) is 11.1 Å². The number of rotatable bonds is 2. The molecule has 0 aromatic heterocycles. The van der Waals surface area contributed by atoms with Crippen LogP contribution in [0.4, 0.5) is 0 Å². The van der Waals surface area contributed by atoms with Crippen molar-refractivity contribution in [3.8, 4) is 0 Å². The predicted molar refractivity (Wildman–Crippen MR) is 84.1 cm³/mol. The van der Waals surface area contributed by atoms with E-state index in [2.05, 4.69) is 6.92 Å². The zero-order chi connectivity index (χ0) is 17.5. The maximum Gasteiger partial charge on any atom is 0.317 e. The second-order valence-corrected chi connectivity index (χ2v) is 9.16. The molecule has 2 aliphatic carbocycles. The SMILES string of the molecule is CC1=C(C)C2(C)OC1(C)C1(CC(=O)O)C3CC4OC(=O)C21C4(C)C3. The Hall–Kier alpha value is -1.36.